The van der Waals surface area contributed by atoms with Crippen LogP contribution in [0.5, 0.6) is 0 Å². The summed E-state index contributed by atoms with van der Waals surface area (Å²) in [4.78, 5) is 30.6. The van der Waals surface area contributed by atoms with E-state index in [1.807, 2.05) is 30.0 Å². The molecule has 0 atom stereocenters. The minimum absolute atomic E-state index is 0.0439. The Kier molecular flexibility index (Phi) is 7.26. The zero-order valence-corrected chi connectivity index (χ0v) is 22.1. The van der Waals surface area contributed by atoms with E-state index in [1.165, 1.54) is 6.07 Å². The van der Waals surface area contributed by atoms with Crippen molar-refractivity contribution in [2.45, 2.75) is 26.2 Å². The van der Waals surface area contributed by atoms with Crippen LogP contribution >= 0.6 is 23.8 Å². The summed E-state index contributed by atoms with van der Waals surface area (Å²) in [5.74, 6) is -0.151. The van der Waals surface area contributed by atoms with Crippen LogP contribution in [0.2, 0.25) is 5.02 Å². The van der Waals surface area contributed by atoms with Crippen molar-refractivity contribution in [2.24, 2.45) is 0 Å². The predicted octanol–water partition coefficient (Wildman–Crippen LogP) is 6.48. The lowest BCUT2D eigenvalue weighted by atomic mass is 10.1. The van der Waals surface area contributed by atoms with Gasteiger partial charge in [-0.3, -0.25) is 20.2 Å². The van der Waals surface area contributed by atoms with E-state index in [0.29, 0.717) is 39.0 Å². The summed E-state index contributed by atoms with van der Waals surface area (Å²) in [6.45, 7) is 3.47. The normalized spacial score (nSPS) is 13.4. The zero-order chi connectivity index (χ0) is 26.8. The highest BCUT2D eigenvalue weighted by molar-refractivity contribution is 7.80. The Morgan fingerprint density at radius 3 is 2.63 bits per heavy atom. The maximum atomic E-state index is 12.8. The fourth-order valence-electron chi connectivity index (χ4n) is 4.46. The largest absolute Gasteiger partial charge is 0.436 e. The van der Waals surface area contributed by atoms with Gasteiger partial charge in [-0.2, -0.15) is 0 Å². The van der Waals surface area contributed by atoms with Crippen molar-refractivity contribution in [2.75, 3.05) is 23.3 Å². The molecule has 11 heteroatoms. The van der Waals surface area contributed by atoms with E-state index >= 15 is 0 Å². The van der Waals surface area contributed by atoms with Gasteiger partial charge in [-0.1, -0.05) is 17.7 Å². The number of nitrogens with zero attached hydrogens (tertiary/aromatic N) is 3. The van der Waals surface area contributed by atoms with Gasteiger partial charge in [0.05, 0.1) is 15.5 Å². The monoisotopic (exact) mass is 549 g/mol. The van der Waals surface area contributed by atoms with Crippen molar-refractivity contribution in [1.82, 2.24) is 10.3 Å². The lowest BCUT2D eigenvalue weighted by molar-refractivity contribution is -0.384. The van der Waals surface area contributed by atoms with Crippen LogP contribution in [-0.2, 0) is 0 Å². The molecule has 1 fully saturated rings. The number of piperidine rings is 1. The zero-order valence-electron chi connectivity index (χ0n) is 20.5. The van der Waals surface area contributed by atoms with Crippen LogP contribution in [-0.4, -0.2) is 34.0 Å². The molecule has 1 aliphatic heterocycles. The van der Waals surface area contributed by atoms with E-state index in [9.17, 15) is 14.9 Å². The molecule has 4 aromatic rings. The topological polar surface area (TPSA) is 114 Å². The molecule has 2 heterocycles. The molecule has 5 rings (SSSR count). The highest BCUT2D eigenvalue weighted by Gasteiger charge is 2.23. The lowest BCUT2D eigenvalue weighted by Crippen LogP contribution is -2.34. The van der Waals surface area contributed by atoms with Crippen LogP contribution < -0.4 is 15.5 Å². The molecule has 38 heavy (non-hydrogen) atoms. The molecular formula is C27H24ClN5O4S. The van der Waals surface area contributed by atoms with Gasteiger partial charge >= 0.3 is 0 Å². The highest BCUT2D eigenvalue weighted by atomic mass is 35.5. The maximum absolute atomic E-state index is 12.8. The number of benzene rings is 3. The van der Waals surface area contributed by atoms with Gasteiger partial charge < -0.3 is 14.6 Å². The molecule has 1 aliphatic rings. The third-order valence-electron chi connectivity index (χ3n) is 6.36. The van der Waals surface area contributed by atoms with Crippen molar-refractivity contribution >= 4 is 63.0 Å². The third kappa shape index (κ3) is 5.46. The van der Waals surface area contributed by atoms with E-state index in [2.05, 4.69) is 15.6 Å². The summed E-state index contributed by atoms with van der Waals surface area (Å²) in [6.07, 6.45) is 3.09. The van der Waals surface area contributed by atoms with Gasteiger partial charge in [0.15, 0.2) is 10.7 Å². The van der Waals surface area contributed by atoms with Crippen LogP contribution in [0.4, 0.5) is 17.1 Å². The average Bonchev–Trinajstić information content (AvgIpc) is 3.31. The second kappa shape index (κ2) is 10.8. The summed E-state index contributed by atoms with van der Waals surface area (Å²) < 4.78 is 5.86. The first kappa shape index (κ1) is 25.6. The minimum Gasteiger partial charge on any atom is -0.436 e. The summed E-state index contributed by atoms with van der Waals surface area (Å²) >= 11 is 11.7. The van der Waals surface area contributed by atoms with Crippen LogP contribution in [0.3, 0.4) is 0 Å². The fourth-order valence-corrected chi connectivity index (χ4v) is 4.99. The van der Waals surface area contributed by atoms with Crippen LogP contribution in [0.25, 0.3) is 22.6 Å². The summed E-state index contributed by atoms with van der Waals surface area (Å²) in [7, 11) is 0. The number of hydrogen-bond acceptors (Lipinski definition) is 7. The molecule has 0 radical (unpaired) electrons. The molecule has 1 amide bonds. The first-order valence-electron chi connectivity index (χ1n) is 12.1. The van der Waals surface area contributed by atoms with Crippen LogP contribution in [0, 0.1) is 17.0 Å². The quantitative estimate of drug-likeness (QED) is 0.165. The van der Waals surface area contributed by atoms with Gasteiger partial charge in [0, 0.05) is 30.4 Å². The number of nitro groups is 1. The Balaban J connectivity index is 1.29. The van der Waals surface area contributed by atoms with Crippen molar-refractivity contribution in [3.8, 4) is 11.5 Å². The standard InChI is InChI=1S/C27H24ClN5O4S/c1-16-5-8-19(20(28)13-16)26-30-21-15-18(7-10-24(21)37-26)29-27(38)31-25(34)17-6-9-22(23(14-17)33(35)36)32-11-3-2-4-12-32/h5-10,13-15H,2-4,11-12H2,1H3,(H2,29,31,34,38). The summed E-state index contributed by atoms with van der Waals surface area (Å²) in [6, 6.07) is 15.3. The molecule has 0 spiro atoms. The first-order chi connectivity index (χ1) is 18.3. The van der Waals surface area contributed by atoms with Gasteiger partial charge in [0.2, 0.25) is 5.89 Å². The van der Waals surface area contributed by atoms with Gasteiger partial charge in [0.1, 0.15) is 11.2 Å². The number of nitrogens with one attached hydrogen (secondary N) is 2. The molecule has 194 valence electrons. The number of aryl methyl sites for hydroxylation is 1. The third-order valence-corrected chi connectivity index (χ3v) is 6.88. The van der Waals surface area contributed by atoms with Crippen molar-refractivity contribution < 1.29 is 14.1 Å². The Hall–Kier alpha value is -4.02. The first-order valence-corrected chi connectivity index (χ1v) is 12.9. The number of halogens is 1. The number of carbonyl (C=O) groups excluding carboxylic acids is 1. The SMILES string of the molecule is Cc1ccc(-c2nc3cc(NC(=S)NC(=O)c4ccc(N5CCCCC5)c([N+](=O)[O-])c4)ccc3o2)c(Cl)c1. The number of rotatable bonds is 5. The van der Waals surface area contributed by atoms with Gasteiger partial charge in [-0.15, -0.1) is 0 Å². The van der Waals surface area contributed by atoms with Crippen molar-refractivity contribution in [3.63, 3.8) is 0 Å². The fraction of sp³-hybridized carbons (Fsp3) is 0.222. The molecule has 2 N–H and O–H groups in total. The maximum Gasteiger partial charge on any atom is 0.293 e. The predicted molar refractivity (Wildman–Crippen MR) is 152 cm³/mol. The molecule has 0 saturated carbocycles. The average molecular weight is 550 g/mol. The second-order valence-corrected chi connectivity index (χ2v) is 9.92. The Morgan fingerprint density at radius 2 is 1.89 bits per heavy atom. The van der Waals surface area contributed by atoms with E-state index in [1.54, 1.807) is 30.3 Å². The molecule has 0 unspecified atom stereocenters. The van der Waals surface area contributed by atoms with E-state index in [4.69, 9.17) is 28.2 Å². The smallest absolute Gasteiger partial charge is 0.293 e. The van der Waals surface area contributed by atoms with E-state index in [0.717, 1.165) is 37.9 Å². The number of hydrogen-bond donors (Lipinski definition) is 2. The van der Waals surface area contributed by atoms with Crippen LogP contribution in [0.15, 0.2) is 59.0 Å². The number of nitro benzene ring substituents is 1. The summed E-state index contributed by atoms with van der Waals surface area (Å²) in [5, 5.41) is 17.9. The van der Waals surface area contributed by atoms with Crippen molar-refractivity contribution in [1.29, 1.82) is 0 Å². The van der Waals surface area contributed by atoms with Crippen molar-refractivity contribution in [3.05, 3.63) is 80.9 Å². The number of carbonyl (C=O) groups is 1. The van der Waals surface area contributed by atoms with Crippen LogP contribution in [0.1, 0.15) is 35.2 Å². The van der Waals surface area contributed by atoms with Gasteiger partial charge in [0.25, 0.3) is 11.6 Å². The van der Waals surface area contributed by atoms with Gasteiger partial charge in [-0.05, 0) is 86.4 Å². The number of fused-ring (bicyclic) bond motifs is 1. The number of oxazole rings is 1. The Labute approximate surface area is 228 Å². The van der Waals surface area contributed by atoms with E-state index < -0.39 is 10.8 Å². The molecule has 1 aromatic heterocycles. The summed E-state index contributed by atoms with van der Waals surface area (Å²) in [5.41, 5.74) is 4.03. The highest BCUT2D eigenvalue weighted by Crippen LogP contribution is 2.32. The molecule has 0 aliphatic carbocycles. The number of aromatic nitrogens is 1. The number of amides is 1. The second-order valence-electron chi connectivity index (χ2n) is 9.10. The van der Waals surface area contributed by atoms with E-state index in [-0.39, 0.29) is 16.4 Å². The number of thiocarbonyl (C=S) groups is 1. The molecule has 9 nitrogen and oxygen atoms in total. The molecular weight excluding hydrogens is 526 g/mol. The number of anilines is 2. The Morgan fingerprint density at radius 1 is 1.11 bits per heavy atom. The minimum atomic E-state index is -0.547. The lowest BCUT2D eigenvalue weighted by Gasteiger charge is -2.28. The van der Waals surface area contributed by atoms with Gasteiger partial charge in [-0.25, -0.2) is 4.98 Å². The molecule has 3 aromatic carbocycles. The molecule has 0 bridgehead atoms. The Bertz CT molecular complexity index is 1560. The molecule has 1 saturated heterocycles.